The minimum absolute atomic E-state index is 0.0306. The SMILES string of the molecule is CC1CCNCC1NC(=O)Cc1csc(-c2ccc3c(c2)OCO3)n1. The molecule has 4 rings (SSSR count). The second-order valence-electron chi connectivity index (χ2n) is 6.53. The summed E-state index contributed by atoms with van der Waals surface area (Å²) in [5.74, 6) is 2.04. The van der Waals surface area contributed by atoms with Crippen LogP contribution in [-0.2, 0) is 11.2 Å². The minimum atomic E-state index is 0.0306. The van der Waals surface area contributed by atoms with Gasteiger partial charge in [0.05, 0.1) is 12.1 Å². The predicted octanol–water partition coefficient (Wildman–Crippen LogP) is 2.20. The molecule has 0 bridgehead atoms. The lowest BCUT2D eigenvalue weighted by atomic mass is 9.95. The molecule has 1 fully saturated rings. The second kappa shape index (κ2) is 7.01. The molecule has 1 aromatic heterocycles. The third-order valence-electron chi connectivity index (χ3n) is 4.69. The zero-order valence-corrected chi connectivity index (χ0v) is 14.9. The van der Waals surface area contributed by atoms with Crippen molar-refractivity contribution in [3.63, 3.8) is 0 Å². The van der Waals surface area contributed by atoms with Crippen LogP contribution in [0.3, 0.4) is 0 Å². The molecule has 1 aromatic carbocycles. The van der Waals surface area contributed by atoms with Crippen molar-refractivity contribution in [2.75, 3.05) is 19.9 Å². The van der Waals surface area contributed by atoms with Gasteiger partial charge in [-0.25, -0.2) is 4.98 Å². The molecule has 7 heteroatoms. The molecule has 2 unspecified atom stereocenters. The third-order valence-corrected chi connectivity index (χ3v) is 5.63. The van der Waals surface area contributed by atoms with E-state index in [2.05, 4.69) is 22.5 Å². The van der Waals surface area contributed by atoms with E-state index in [1.807, 2.05) is 23.6 Å². The van der Waals surface area contributed by atoms with Crippen LogP contribution >= 0.6 is 11.3 Å². The Morgan fingerprint density at radius 3 is 3.16 bits per heavy atom. The number of carbonyl (C=O) groups excluding carboxylic acids is 1. The van der Waals surface area contributed by atoms with Gasteiger partial charge in [-0.15, -0.1) is 11.3 Å². The Balaban J connectivity index is 1.40. The summed E-state index contributed by atoms with van der Waals surface area (Å²) < 4.78 is 10.7. The van der Waals surface area contributed by atoms with E-state index in [9.17, 15) is 4.79 Å². The van der Waals surface area contributed by atoms with E-state index in [-0.39, 0.29) is 18.7 Å². The maximum atomic E-state index is 12.3. The molecule has 1 amide bonds. The Labute approximate surface area is 150 Å². The first-order valence-electron chi connectivity index (χ1n) is 8.53. The number of benzene rings is 1. The van der Waals surface area contributed by atoms with E-state index < -0.39 is 0 Å². The van der Waals surface area contributed by atoms with Gasteiger partial charge in [0.2, 0.25) is 12.7 Å². The van der Waals surface area contributed by atoms with Crippen molar-refractivity contribution in [3.05, 3.63) is 29.3 Å². The van der Waals surface area contributed by atoms with Crippen molar-refractivity contribution in [3.8, 4) is 22.1 Å². The molecule has 0 radical (unpaired) electrons. The Kier molecular flexibility index (Phi) is 4.59. The van der Waals surface area contributed by atoms with Gasteiger partial charge < -0.3 is 20.1 Å². The number of carbonyl (C=O) groups is 1. The fourth-order valence-corrected chi connectivity index (χ4v) is 3.97. The number of thiazole rings is 1. The van der Waals surface area contributed by atoms with Gasteiger partial charge in [0.1, 0.15) is 5.01 Å². The number of hydrogen-bond donors (Lipinski definition) is 2. The van der Waals surface area contributed by atoms with Crippen molar-refractivity contribution in [2.45, 2.75) is 25.8 Å². The summed E-state index contributed by atoms with van der Waals surface area (Å²) in [6.45, 7) is 4.31. The van der Waals surface area contributed by atoms with E-state index >= 15 is 0 Å². The number of hydrogen-bond acceptors (Lipinski definition) is 6. The summed E-state index contributed by atoms with van der Waals surface area (Å²) in [5.41, 5.74) is 1.78. The number of piperidine rings is 1. The molecule has 0 saturated carbocycles. The predicted molar refractivity (Wildman–Crippen MR) is 96.0 cm³/mol. The van der Waals surface area contributed by atoms with Crippen molar-refractivity contribution >= 4 is 17.2 Å². The molecule has 132 valence electrons. The Morgan fingerprint density at radius 1 is 1.40 bits per heavy atom. The number of fused-ring (bicyclic) bond motifs is 1. The average Bonchev–Trinajstić information content (AvgIpc) is 3.25. The lowest BCUT2D eigenvalue weighted by molar-refractivity contribution is -0.121. The lowest BCUT2D eigenvalue weighted by Crippen LogP contribution is -2.50. The topological polar surface area (TPSA) is 72.5 Å². The summed E-state index contributed by atoms with van der Waals surface area (Å²) in [7, 11) is 0. The van der Waals surface area contributed by atoms with Crippen LogP contribution in [0.2, 0.25) is 0 Å². The smallest absolute Gasteiger partial charge is 0.231 e. The van der Waals surface area contributed by atoms with Gasteiger partial charge in [-0.3, -0.25) is 4.79 Å². The Morgan fingerprint density at radius 2 is 2.28 bits per heavy atom. The van der Waals surface area contributed by atoms with Crippen LogP contribution in [0.5, 0.6) is 11.5 Å². The number of nitrogens with zero attached hydrogens (tertiary/aromatic N) is 1. The highest BCUT2D eigenvalue weighted by Gasteiger charge is 2.23. The lowest BCUT2D eigenvalue weighted by Gasteiger charge is -2.30. The zero-order valence-electron chi connectivity index (χ0n) is 14.1. The normalized spacial score (nSPS) is 22.0. The average molecular weight is 359 g/mol. The molecule has 2 aliphatic rings. The summed E-state index contributed by atoms with van der Waals surface area (Å²) in [6.07, 6.45) is 1.40. The first-order chi connectivity index (χ1) is 12.2. The first-order valence-corrected chi connectivity index (χ1v) is 9.41. The van der Waals surface area contributed by atoms with Crippen LogP contribution in [0.1, 0.15) is 19.0 Å². The molecule has 2 N–H and O–H groups in total. The maximum Gasteiger partial charge on any atom is 0.231 e. The number of rotatable bonds is 4. The Hall–Kier alpha value is -2.12. The summed E-state index contributed by atoms with van der Waals surface area (Å²) in [6, 6.07) is 5.99. The van der Waals surface area contributed by atoms with Gasteiger partial charge in [-0.05, 0) is 37.1 Å². The molecular weight excluding hydrogens is 338 g/mol. The number of aromatic nitrogens is 1. The second-order valence-corrected chi connectivity index (χ2v) is 7.39. The third kappa shape index (κ3) is 3.62. The van der Waals surface area contributed by atoms with E-state index in [1.165, 1.54) is 11.3 Å². The van der Waals surface area contributed by atoms with Gasteiger partial charge in [0, 0.05) is 23.5 Å². The summed E-state index contributed by atoms with van der Waals surface area (Å²) in [5, 5.41) is 9.29. The van der Waals surface area contributed by atoms with E-state index in [1.54, 1.807) is 0 Å². The molecule has 2 aromatic rings. The van der Waals surface area contributed by atoms with Crippen molar-refractivity contribution in [1.29, 1.82) is 0 Å². The number of nitrogens with one attached hydrogen (secondary N) is 2. The van der Waals surface area contributed by atoms with Gasteiger partial charge in [-0.2, -0.15) is 0 Å². The Bertz CT molecular complexity index is 777. The summed E-state index contributed by atoms with van der Waals surface area (Å²) >= 11 is 1.54. The molecule has 2 atom stereocenters. The van der Waals surface area contributed by atoms with Gasteiger partial charge >= 0.3 is 0 Å². The van der Waals surface area contributed by atoms with Crippen molar-refractivity contribution in [1.82, 2.24) is 15.6 Å². The van der Waals surface area contributed by atoms with E-state index in [0.717, 1.165) is 47.3 Å². The molecule has 25 heavy (non-hydrogen) atoms. The van der Waals surface area contributed by atoms with Gasteiger partial charge in [0.15, 0.2) is 11.5 Å². The highest BCUT2D eigenvalue weighted by atomic mass is 32.1. The number of ether oxygens (including phenoxy) is 2. The molecule has 2 aliphatic heterocycles. The maximum absolute atomic E-state index is 12.3. The molecule has 3 heterocycles. The highest BCUT2D eigenvalue weighted by Crippen LogP contribution is 2.36. The van der Waals surface area contributed by atoms with Crippen LogP contribution in [0.15, 0.2) is 23.6 Å². The molecule has 6 nitrogen and oxygen atoms in total. The van der Waals surface area contributed by atoms with Gasteiger partial charge in [0.25, 0.3) is 0 Å². The largest absolute Gasteiger partial charge is 0.454 e. The van der Waals surface area contributed by atoms with Crippen LogP contribution in [0, 0.1) is 5.92 Å². The molecule has 0 spiro atoms. The van der Waals surface area contributed by atoms with Crippen molar-refractivity contribution < 1.29 is 14.3 Å². The highest BCUT2D eigenvalue weighted by molar-refractivity contribution is 7.13. The standard InChI is InChI=1S/C18H21N3O3S/c1-11-4-5-19-8-14(11)21-17(22)7-13-9-25-18(20-13)12-2-3-15-16(6-12)24-10-23-15/h2-3,6,9,11,14,19H,4-5,7-8,10H2,1H3,(H,21,22). The minimum Gasteiger partial charge on any atom is -0.454 e. The molecule has 0 aliphatic carbocycles. The molecule has 1 saturated heterocycles. The fraction of sp³-hybridized carbons (Fsp3) is 0.444. The fourth-order valence-electron chi connectivity index (χ4n) is 3.16. The zero-order chi connectivity index (χ0) is 17.2. The summed E-state index contributed by atoms with van der Waals surface area (Å²) in [4.78, 5) is 16.9. The van der Waals surface area contributed by atoms with Crippen LogP contribution < -0.4 is 20.1 Å². The van der Waals surface area contributed by atoms with E-state index in [0.29, 0.717) is 12.3 Å². The quantitative estimate of drug-likeness (QED) is 0.876. The monoisotopic (exact) mass is 359 g/mol. The van der Waals surface area contributed by atoms with Crippen LogP contribution in [-0.4, -0.2) is 36.8 Å². The van der Waals surface area contributed by atoms with E-state index in [4.69, 9.17) is 9.47 Å². The van der Waals surface area contributed by atoms with Crippen molar-refractivity contribution in [2.24, 2.45) is 5.92 Å². The van der Waals surface area contributed by atoms with Crippen LogP contribution in [0.4, 0.5) is 0 Å². The molecular formula is C18H21N3O3S. The van der Waals surface area contributed by atoms with Gasteiger partial charge in [-0.1, -0.05) is 6.92 Å². The number of amides is 1. The van der Waals surface area contributed by atoms with Crippen LogP contribution in [0.25, 0.3) is 10.6 Å². The first kappa shape index (κ1) is 16.4.